The Kier molecular flexibility index (Phi) is 5.03. The molecule has 1 aliphatic rings. The highest BCUT2D eigenvalue weighted by Crippen LogP contribution is 2.31. The average Bonchev–Trinajstić information content (AvgIpc) is 3.03. The summed E-state index contributed by atoms with van der Waals surface area (Å²) in [6.45, 7) is 1.67. The van der Waals surface area contributed by atoms with Crippen molar-refractivity contribution in [2.75, 3.05) is 11.4 Å². The summed E-state index contributed by atoms with van der Waals surface area (Å²) in [4.78, 5) is 14.2. The molecule has 1 heterocycles. The zero-order valence-electron chi connectivity index (χ0n) is 14.5. The SMILES string of the molecule is C[C@H](C(=O)N1CCc2ccccc21)S(=O)(=O)Cc1cccc(C(F)(F)F)c1. The van der Waals surface area contributed by atoms with E-state index in [0.29, 0.717) is 18.7 Å². The number of halogens is 3. The molecule has 2 aromatic carbocycles. The lowest BCUT2D eigenvalue weighted by molar-refractivity contribution is -0.137. The molecule has 0 saturated carbocycles. The Labute approximate surface area is 155 Å². The Morgan fingerprint density at radius 2 is 1.85 bits per heavy atom. The number of fused-ring (bicyclic) bond motifs is 1. The van der Waals surface area contributed by atoms with E-state index in [9.17, 15) is 26.4 Å². The number of carbonyl (C=O) groups excluding carboxylic acids is 1. The normalized spacial score (nSPS) is 15.5. The first kappa shape index (κ1) is 19.4. The minimum atomic E-state index is -4.56. The Balaban J connectivity index is 1.80. The van der Waals surface area contributed by atoms with Crippen molar-refractivity contribution in [3.05, 3.63) is 65.2 Å². The highest BCUT2D eigenvalue weighted by molar-refractivity contribution is 7.92. The molecule has 0 bridgehead atoms. The number of para-hydroxylation sites is 1. The summed E-state index contributed by atoms with van der Waals surface area (Å²) in [5, 5.41) is -1.35. The van der Waals surface area contributed by atoms with Gasteiger partial charge in [0.25, 0.3) is 0 Å². The maximum absolute atomic E-state index is 12.8. The van der Waals surface area contributed by atoms with Crippen molar-refractivity contribution in [2.24, 2.45) is 0 Å². The van der Waals surface area contributed by atoms with Crippen LogP contribution in [0.3, 0.4) is 0 Å². The quantitative estimate of drug-likeness (QED) is 0.792. The molecule has 0 unspecified atom stereocenters. The van der Waals surface area contributed by atoms with Crippen LogP contribution in [-0.4, -0.2) is 26.1 Å². The zero-order chi connectivity index (χ0) is 19.8. The molecule has 0 N–H and O–H groups in total. The van der Waals surface area contributed by atoms with E-state index in [4.69, 9.17) is 0 Å². The van der Waals surface area contributed by atoms with E-state index < -0.39 is 38.5 Å². The second kappa shape index (κ2) is 6.99. The van der Waals surface area contributed by atoms with Crippen LogP contribution in [0.5, 0.6) is 0 Å². The molecule has 3 rings (SSSR count). The van der Waals surface area contributed by atoms with Gasteiger partial charge in [-0.05, 0) is 36.6 Å². The number of nitrogens with zero attached hydrogens (tertiary/aromatic N) is 1. The van der Waals surface area contributed by atoms with Gasteiger partial charge in [-0.1, -0.05) is 36.4 Å². The average molecular weight is 397 g/mol. The Bertz CT molecular complexity index is 970. The van der Waals surface area contributed by atoms with E-state index >= 15 is 0 Å². The zero-order valence-corrected chi connectivity index (χ0v) is 15.3. The number of alkyl halides is 3. The summed E-state index contributed by atoms with van der Waals surface area (Å²) in [6, 6.07) is 11.4. The first-order valence-electron chi connectivity index (χ1n) is 8.36. The van der Waals surface area contributed by atoms with Gasteiger partial charge < -0.3 is 4.90 Å². The van der Waals surface area contributed by atoms with Crippen molar-refractivity contribution < 1.29 is 26.4 Å². The van der Waals surface area contributed by atoms with E-state index in [-0.39, 0.29) is 5.56 Å². The molecule has 0 aliphatic carbocycles. The number of carbonyl (C=O) groups is 1. The molecular formula is C19H18F3NO3S. The van der Waals surface area contributed by atoms with Gasteiger partial charge in [-0.3, -0.25) is 4.79 Å². The van der Waals surface area contributed by atoms with Crippen molar-refractivity contribution in [3.63, 3.8) is 0 Å². The summed E-state index contributed by atoms with van der Waals surface area (Å²) in [6.07, 6.45) is -3.91. The first-order valence-corrected chi connectivity index (χ1v) is 10.1. The minimum absolute atomic E-state index is 0.00583. The van der Waals surface area contributed by atoms with Gasteiger partial charge >= 0.3 is 6.18 Å². The van der Waals surface area contributed by atoms with Crippen molar-refractivity contribution in [1.82, 2.24) is 0 Å². The first-order chi connectivity index (χ1) is 12.6. The number of hydrogen-bond donors (Lipinski definition) is 0. The second-order valence-corrected chi connectivity index (χ2v) is 8.84. The van der Waals surface area contributed by atoms with Gasteiger partial charge in [-0.2, -0.15) is 13.2 Å². The largest absolute Gasteiger partial charge is 0.416 e. The van der Waals surface area contributed by atoms with Crippen LogP contribution in [-0.2, 0) is 33.0 Å². The molecule has 1 amide bonds. The molecule has 0 radical (unpaired) electrons. The van der Waals surface area contributed by atoms with Crippen LogP contribution < -0.4 is 4.90 Å². The lowest BCUT2D eigenvalue weighted by Crippen LogP contribution is -2.41. The van der Waals surface area contributed by atoms with Crippen LogP contribution in [0.4, 0.5) is 18.9 Å². The van der Waals surface area contributed by atoms with E-state index in [1.807, 2.05) is 12.1 Å². The highest BCUT2D eigenvalue weighted by atomic mass is 32.2. The number of rotatable bonds is 4. The predicted molar refractivity (Wildman–Crippen MR) is 96.0 cm³/mol. The molecule has 2 aromatic rings. The molecule has 0 spiro atoms. The number of benzene rings is 2. The molecule has 1 aliphatic heterocycles. The number of hydrogen-bond acceptors (Lipinski definition) is 3. The Morgan fingerprint density at radius 1 is 1.15 bits per heavy atom. The predicted octanol–water partition coefficient (Wildman–Crippen LogP) is 3.60. The standard InChI is InChI=1S/C19H18F3NO3S/c1-13(18(24)23-10-9-15-6-2-3-8-17(15)23)27(25,26)12-14-5-4-7-16(11-14)19(20,21)22/h2-8,11,13H,9-10,12H2,1H3/t13-/m1/s1. The maximum Gasteiger partial charge on any atom is 0.416 e. The summed E-state index contributed by atoms with van der Waals surface area (Å²) in [7, 11) is -3.97. The van der Waals surface area contributed by atoms with Crippen LogP contribution in [0.25, 0.3) is 0 Å². The van der Waals surface area contributed by atoms with E-state index in [0.717, 1.165) is 23.8 Å². The third kappa shape index (κ3) is 4.00. The third-order valence-corrected chi connectivity index (χ3v) is 6.68. The summed E-state index contributed by atoms with van der Waals surface area (Å²) < 4.78 is 63.8. The Morgan fingerprint density at radius 3 is 2.56 bits per heavy atom. The van der Waals surface area contributed by atoms with Gasteiger partial charge in [0, 0.05) is 12.2 Å². The number of anilines is 1. The van der Waals surface area contributed by atoms with Crippen molar-refractivity contribution in [2.45, 2.75) is 30.5 Å². The van der Waals surface area contributed by atoms with Crippen LogP contribution in [0.15, 0.2) is 48.5 Å². The van der Waals surface area contributed by atoms with Gasteiger partial charge in [0.2, 0.25) is 5.91 Å². The maximum atomic E-state index is 12.8. The van der Waals surface area contributed by atoms with Crippen molar-refractivity contribution in [3.8, 4) is 0 Å². The number of sulfone groups is 1. The molecule has 8 heteroatoms. The fraction of sp³-hybridized carbons (Fsp3) is 0.316. The highest BCUT2D eigenvalue weighted by Gasteiger charge is 2.36. The van der Waals surface area contributed by atoms with Crippen molar-refractivity contribution in [1.29, 1.82) is 0 Å². The molecule has 0 saturated heterocycles. The summed E-state index contributed by atoms with van der Waals surface area (Å²) in [5.74, 6) is -1.19. The lowest BCUT2D eigenvalue weighted by atomic mass is 10.1. The van der Waals surface area contributed by atoms with Gasteiger partial charge in [-0.25, -0.2) is 8.42 Å². The van der Waals surface area contributed by atoms with Gasteiger partial charge in [0.1, 0.15) is 5.25 Å². The summed E-state index contributed by atoms with van der Waals surface area (Å²) >= 11 is 0. The molecule has 4 nitrogen and oxygen atoms in total. The van der Waals surface area contributed by atoms with Crippen molar-refractivity contribution >= 4 is 21.4 Å². The van der Waals surface area contributed by atoms with Crippen LogP contribution in [0, 0.1) is 0 Å². The minimum Gasteiger partial charge on any atom is -0.311 e. The molecule has 0 fully saturated rings. The molecule has 0 aromatic heterocycles. The summed E-state index contributed by atoms with van der Waals surface area (Å²) in [5.41, 5.74) is 0.742. The monoisotopic (exact) mass is 397 g/mol. The van der Waals surface area contributed by atoms with Gasteiger partial charge in [-0.15, -0.1) is 0 Å². The van der Waals surface area contributed by atoms with Crippen LogP contribution in [0.1, 0.15) is 23.6 Å². The van der Waals surface area contributed by atoms with E-state index in [1.165, 1.54) is 17.9 Å². The third-order valence-electron chi connectivity index (χ3n) is 4.66. The van der Waals surface area contributed by atoms with Gasteiger partial charge in [0.05, 0.1) is 11.3 Å². The topological polar surface area (TPSA) is 54.5 Å². The molecular weight excluding hydrogens is 379 g/mol. The molecule has 144 valence electrons. The van der Waals surface area contributed by atoms with Crippen LogP contribution in [0.2, 0.25) is 0 Å². The van der Waals surface area contributed by atoms with Crippen LogP contribution >= 0.6 is 0 Å². The number of amides is 1. The smallest absolute Gasteiger partial charge is 0.311 e. The Hall–Kier alpha value is -2.35. The van der Waals surface area contributed by atoms with E-state index in [2.05, 4.69) is 0 Å². The fourth-order valence-electron chi connectivity index (χ4n) is 3.13. The molecule has 27 heavy (non-hydrogen) atoms. The lowest BCUT2D eigenvalue weighted by Gasteiger charge is -2.22. The fourth-order valence-corrected chi connectivity index (χ4v) is 4.46. The van der Waals surface area contributed by atoms with E-state index in [1.54, 1.807) is 12.1 Å². The molecule has 1 atom stereocenters. The second-order valence-electron chi connectivity index (χ2n) is 6.52. The van der Waals surface area contributed by atoms with Gasteiger partial charge in [0.15, 0.2) is 9.84 Å².